The molecule has 6 aromatic rings. The third kappa shape index (κ3) is 5.26. The number of nitrogens with zero attached hydrogens (tertiary/aromatic N) is 1. The molecule has 2 heterocycles. The fourth-order valence-corrected chi connectivity index (χ4v) is 8.27. The molecule has 2 nitrogen and oxygen atoms in total. The van der Waals surface area contributed by atoms with E-state index in [2.05, 4.69) is 194 Å². The molecule has 0 aliphatic carbocycles. The molecule has 0 aromatic heterocycles. The minimum Gasteiger partial charge on any atom is -0.458 e. The number of hydrogen-bond donors (Lipinski definition) is 0. The lowest BCUT2D eigenvalue weighted by atomic mass is 9.30. The SMILES string of the molecule is CC(C)(C)c1ccc2c(c1)B1c3ccc(-c4ccc(N(c5ccccc5)c5ccccc5)cc4)cc3C(C)(C)c3c(C(C)(C)C)ccc(c31)O2. The third-order valence-corrected chi connectivity index (χ3v) is 10.9. The van der Waals surface area contributed by atoms with Crippen LogP contribution in [0.15, 0.2) is 133 Å². The Balaban J connectivity index is 1.28. The largest absolute Gasteiger partial charge is 0.458 e. The number of ether oxygens (including phenoxy) is 1. The summed E-state index contributed by atoms with van der Waals surface area (Å²) in [4.78, 5) is 2.32. The molecule has 8 rings (SSSR count). The van der Waals surface area contributed by atoms with Crippen molar-refractivity contribution in [1.29, 1.82) is 0 Å². The van der Waals surface area contributed by atoms with Crippen LogP contribution in [0.2, 0.25) is 0 Å². The Morgan fingerprint density at radius 1 is 0.540 bits per heavy atom. The standard InChI is InChI=1S/C47H46BNO/c1-45(2,3)33-22-27-41-40(30-33)48-39-26-21-32(29-38(39)47(7,8)43-37(46(4,5)6)25-28-42(50-41)44(43)48)31-19-23-36(24-20-31)49(34-15-11-9-12-16-34)35-17-13-10-14-18-35/h9-30H,1-8H3. The van der Waals surface area contributed by atoms with Crippen LogP contribution in [0, 0.1) is 0 Å². The Hall–Kier alpha value is -5.02. The summed E-state index contributed by atoms with van der Waals surface area (Å²) in [5.41, 5.74) is 15.2. The molecule has 0 saturated heterocycles. The molecular weight excluding hydrogens is 605 g/mol. The molecule has 0 unspecified atom stereocenters. The van der Waals surface area contributed by atoms with E-state index in [0.717, 1.165) is 28.6 Å². The lowest BCUT2D eigenvalue weighted by molar-refractivity contribution is 0.479. The minimum atomic E-state index is -0.227. The highest BCUT2D eigenvalue weighted by molar-refractivity contribution is 6.98. The predicted octanol–water partition coefficient (Wildman–Crippen LogP) is 10.7. The van der Waals surface area contributed by atoms with E-state index in [-0.39, 0.29) is 23.0 Å². The molecular formula is C47H46BNO. The van der Waals surface area contributed by atoms with Crippen LogP contribution in [0.3, 0.4) is 0 Å². The number of para-hydroxylation sites is 2. The zero-order valence-corrected chi connectivity index (χ0v) is 30.6. The second-order valence-electron chi connectivity index (χ2n) is 16.7. The van der Waals surface area contributed by atoms with Crippen LogP contribution < -0.4 is 26.0 Å². The maximum Gasteiger partial charge on any atom is 0.251 e. The normalized spacial score (nSPS) is 14.3. The number of rotatable bonds is 4. The summed E-state index contributed by atoms with van der Waals surface area (Å²) in [6, 6.07) is 48.9. The number of anilines is 3. The van der Waals surface area contributed by atoms with Crippen molar-refractivity contribution in [1.82, 2.24) is 0 Å². The highest BCUT2D eigenvalue weighted by Gasteiger charge is 2.47. The molecule has 3 heteroatoms. The Morgan fingerprint density at radius 3 is 1.72 bits per heavy atom. The molecule has 6 aromatic carbocycles. The van der Waals surface area contributed by atoms with Crippen molar-refractivity contribution in [3.63, 3.8) is 0 Å². The average molecular weight is 652 g/mol. The average Bonchev–Trinajstić information content (AvgIpc) is 3.10. The smallest absolute Gasteiger partial charge is 0.251 e. The number of benzene rings is 6. The quantitative estimate of drug-likeness (QED) is 0.176. The van der Waals surface area contributed by atoms with E-state index in [9.17, 15) is 0 Å². The van der Waals surface area contributed by atoms with Crippen molar-refractivity contribution in [3.05, 3.63) is 156 Å². The van der Waals surface area contributed by atoms with Gasteiger partial charge >= 0.3 is 0 Å². The van der Waals surface area contributed by atoms with Crippen LogP contribution >= 0.6 is 0 Å². The molecule has 0 amide bonds. The minimum absolute atomic E-state index is 0.0198. The monoisotopic (exact) mass is 651 g/mol. The van der Waals surface area contributed by atoms with E-state index in [1.807, 2.05) is 0 Å². The van der Waals surface area contributed by atoms with Crippen molar-refractivity contribution >= 4 is 40.2 Å². The molecule has 0 bridgehead atoms. The van der Waals surface area contributed by atoms with Crippen molar-refractivity contribution < 1.29 is 4.74 Å². The maximum absolute atomic E-state index is 6.75. The summed E-state index contributed by atoms with van der Waals surface area (Å²) in [5, 5.41) is 0. The van der Waals surface area contributed by atoms with Crippen molar-refractivity contribution in [3.8, 4) is 22.6 Å². The van der Waals surface area contributed by atoms with E-state index in [4.69, 9.17) is 4.74 Å². The molecule has 248 valence electrons. The fourth-order valence-electron chi connectivity index (χ4n) is 8.27. The summed E-state index contributed by atoms with van der Waals surface area (Å²) in [7, 11) is 0. The van der Waals surface area contributed by atoms with Crippen molar-refractivity contribution in [2.24, 2.45) is 0 Å². The van der Waals surface area contributed by atoms with Crippen LogP contribution in [0.25, 0.3) is 11.1 Å². The van der Waals surface area contributed by atoms with Gasteiger partial charge in [-0.1, -0.05) is 146 Å². The summed E-state index contributed by atoms with van der Waals surface area (Å²) in [6.45, 7) is 18.8. The predicted molar refractivity (Wildman–Crippen MR) is 214 cm³/mol. The van der Waals surface area contributed by atoms with Gasteiger partial charge in [-0.3, -0.25) is 0 Å². The van der Waals surface area contributed by atoms with Gasteiger partial charge in [0.15, 0.2) is 0 Å². The molecule has 0 fully saturated rings. The molecule has 2 aliphatic rings. The van der Waals surface area contributed by atoms with Gasteiger partial charge in [-0.05, 0) is 104 Å². The van der Waals surface area contributed by atoms with Crippen LogP contribution in [0.1, 0.15) is 77.6 Å². The topological polar surface area (TPSA) is 12.5 Å². The third-order valence-electron chi connectivity index (χ3n) is 10.9. The molecule has 50 heavy (non-hydrogen) atoms. The van der Waals surface area contributed by atoms with Gasteiger partial charge in [0.2, 0.25) is 0 Å². The van der Waals surface area contributed by atoms with Crippen LogP contribution in [-0.4, -0.2) is 6.71 Å². The zero-order chi connectivity index (χ0) is 35.0. The lowest BCUT2D eigenvalue weighted by Crippen LogP contribution is -2.63. The van der Waals surface area contributed by atoms with Crippen LogP contribution in [0.5, 0.6) is 11.5 Å². The van der Waals surface area contributed by atoms with Crippen LogP contribution in [-0.2, 0) is 16.2 Å². The van der Waals surface area contributed by atoms with Crippen LogP contribution in [0.4, 0.5) is 17.1 Å². The van der Waals surface area contributed by atoms with Gasteiger partial charge in [0.25, 0.3) is 6.71 Å². The number of hydrogen-bond acceptors (Lipinski definition) is 2. The van der Waals surface area contributed by atoms with Crippen molar-refractivity contribution in [2.75, 3.05) is 4.90 Å². The highest BCUT2D eigenvalue weighted by atomic mass is 16.5. The van der Waals surface area contributed by atoms with Gasteiger partial charge in [0.1, 0.15) is 11.5 Å². The van der Waals surface area contributed by atoms with Gasteiger partial charge in [0, 0.05) is 22.5 Å². The van der Waals surface area contributed by atoms with E-state index in [1.54, 1.807) is 0 Å². The first-order valence-electron chi connectivity index (χ1n) is 18.0. The number of fused-ring (bicyclic) bond motifs is 4. The Kier molecular flexibility index (Phi) is 7.42. The van der Waals surface area contributed by atoms with Gasteiger partial charge in [-0.2, -0.15) is 0 Å². The molecule has 0 spiro atoms. The zero-order valence-electron chi connectivity index (χ0n) is 30.6. The highest BCUT2D eigenvalue weighted by Crippen LogP contribution is 2.45. The lowest BCUT2D eigenvalue weighted by Gasteiger charge is -2.45. The van der Waals surface area contributed by atoms with E-state index >= 15 is 0 Å². The molecule has 0 saturated carbocycles. The Bertz CT molecular complexity index is 2180. The van der Waals surface area contributed by atoms with Gasteiger partial charge in [-0.25, -0.2) is 0 Å². The summed E-state index contributed by atoms with van der Waals surface area (Å²) < 4.78 is 6.75. The fraction of sp³-hybridized carbons (Fsp3) is 0.234. The summed E-state index contributed by atoms with van der Waals surface area (Å²) in [5.74, 6) is 1.96. The first kappa shape index (κ1) is 32.2. The molecule has 0 radical (unpaired) electrons. The molecule has 0 N–H and O–H groups in total. The summed E-state index contributed by atoms with van der Waals surface area (Å²) in [6.07, 6.45) is 0. The van der Waals surface area contributed by atoms with Gasteiger partial charge in [0.05, 0.1) is 0 Å². The summed E-state index contributed by atoms with van der Waals surface area (Å²) >= 11 is 0. The van der Waals surface area contributed by atoms with Gasteiger partial charge < -0.3 is 9.64 Å². The van der Waals surface area contributed by atoms with Gasteiger partial charge in [-0.15, -0.1) is 0 Å². The van der Waals surface area contributed by atoms with E-state index in [0.29, 0.717) is 0 Å². The van der Waals surface area contributed by atoms with Crippen molar-refractivity contribution in [2.45, 2.75) is 71.6 Å². The maximum atomic E-state index is 6.75. The second-order valence-corrected chi connectivity index (χ2v) is 16.7. The first-order valence-corrected chi connectivity index (χ1v) is 18.0. The van der Waals surface area contributed by atoms with E-state index < -0.39 is 0 Å². The Morgan fingerprint density at radius 2 is 1.12 bits per heavy atom. The van der Waals surface area contributed by atoms with E-state index in [1.165, 1.54) is 49.8 Å². The molecule has 0 atom stereocenters. The Labute approximate surface area is 298 Å². The second kappa shape index (κ2) is 11.5. The molecule has 2 aliphatic heterocycles. The first-order chi connectivity index (χ1) is 23.8.